The molecule has 0 radical (unpaired) electrons. The van der Waals surface area contributed by atoms with E-state index in [-0.39, 0.29) is 17.0 Å². The quantitative estimate of drug-likeness (QED) is 0.597. The zero-order chi connectivity index (χ0) is 18.6. The lowest BCUT2D eigenvalue weighted by atomic mass is 9.84. The lowest BCUT2D eigenvalue weighted by Crippen LogP contribution is -2.11. The van der Waals surface area contributed by atoms with Crippen molar-refractivity contribution in [2.75, 3.05) is 5.43 Å². The van der Waals surface area contributed by atoms with Crippen molar-refractivity contribution < 1.29 is 4.42 Å². The van der Waals surface area contributed by atoms with Crippen molar-refractivity contribution in [3.63, 3.8) is 0 Å². The second kappa shape index (κ2) is 7.74. The first-order valence-electron chi connectivity index (χ1n) is 9.28. The normalized spacial score (nSPS) is 15.9. The summed E-state index contributed by atoms with van der Waals surface area (Å²) in [5.41, 5.74) is 5.19. The molecule has 1 fully saturated rings. The fourth-order valence-corrected chi connectivity index (χ4v) is 3.25. The van der Waals surface area contributed by atoms with Crippen molar-refractivity contribution in [1.82, 2.24) is 4.98 Å². The van der Waals surface area contributed by atoms with Crippen LogP contribution in [-0.2, 0) is 5.41 Å². The van der Waals surface area contributed by atoms with E-state index >= 15 is 0 Å². The number of nitriles is 1. The molecule has 0 atom stereocenters. The molecule has 136 valence electrons. The van der Waals surface area contributed by atoms with Crippen molar-refractivity contribution in [2.24, 2.45) is 5.10 Å². The van der Waals surface area contributed by atoms with Crippen molar-refractivity contribution in [2.45, 2.75) is 64.2 Å². The summed E-state index contributed by atoms with van der Waals surface area (Å²) in [6.45, 7) is 5.96. The molecule has 0 bridgehead atoms. The van der Waals surface area contributed by atoms with Gasteiger partial charge in [-0.1, -0.05) is 64.3 Å². The van der Waals surface area contributed by atoms with Crippen LogP contribution in [0, 0.1) is 11.3 Å². The van der Waals surface area contributed by atoms with Gasteiger partial charge < -0.3 is 4.42 Å². The van der Waals surface area contributed by atoms with E-state index in [0.717, 1.165) is 5.56 Å². The number of hydrogen-bond donors (Lipinski definition) is 1. The number of nitrogens with zero attached hydrogens (tertiary/aromatic N) is 3. The van der Waals surface area contributed by atoms with Crippen molar-refractivity contribution in [3.05, 3.63) is 47.0 Å². The second-order valence-corrected chi connectivity index (χ2v) is 7.93. The molecule has 0 spiro atoms. The fraction of sp³-hybridized carbons (Fsp3) is 0.476. The summed E-state index contributed by atoms with van der Waals surface area (Å²) in [5, 5.41) is 13.4. The SMILES string of the molecule is CC(C)(C)c1nc(C#N)c(NN=Cc2ccc(C3CCCCC3)cc2)o1. The van der Waals surface area contributed by atoms with Gasteiger partial charge in [0.1, 0.15) is 6.07 Å². The Labute approximate surface area is 155 Å². The van der Waals surface area contributed by atoms with Crippen LogP contribution in [0.25, 0.3) is 0 Å². The highest BCUT2D eigenvalue weighted by Gasteiger charge is 2.23. The first kappa shape index (κ1) is 18.2. The molecule has 2 aromatic rings. The third kappa shape index (κ3) is 4.32. The number of hydrogen-bond acceptors (Lipinski definition) is 5. The van der Waals surface area contributed by atoms with Gasteiger partial charge in [0.15, 0.2) is 0 Å². The Kier molecular flexibility index (Phi) is 5.41. The molecule has 26 heavy (non-hydrogen) atoms. The largest absolute Gasteiger partial charge is 0.421 e. The summed E-state index contributed by atoms with van der Waals surface area (Å²) in [5.74, 6) is 1.51. The van der Waals surface area contributed by atoms with Crippen molar-refractivity contribution >= 4 is 12.1 Å². The van der Waals surface area contributed by atoms with E-state index in [1.807, 2.05) is 26.8 Å². The number of rotatable bonds is 4. The fourth-order valence-electron chi connectivity index (χ4n) is 3.25. The molecule has 0 saturated heterocycles. The zero-order valence-corrected chi connectivity index (χ0v) is 15.7. The van der Waals surface area contributed by atoms with E-state index < -0.39 is 0 Å². The van der Waals surface area contributed by atoms with Crippen LogP contribution < -0.4 is 5.43 Å². The maximum absolute atomic E-state index is 9.20. The number of hydrazone groups is 1. The maximum atomic E-state index is 9.20. The Bertz CT molecular complexity index is 800. The van der Waals surface area contributed by atoms with E-state index in [0.29, 0.717) is 11.8 Å². The Hall–Kier alpha value is -2.61. The van der Waals surface area contributed by atoms with Crippen LogP contribution >= 0.6 is 0 Å². The van der Waals surface area contributed by atoms with Crippen LogP contribution in [0.15, 0.2) is 33.8 Å². The van der Waals surface area contributed by atoms with E-state index in [9.17, 15) is 5.26 Å². The number of nitrogens with one attached hydrogen (secondary N) is 1. The van der Waals surface area contributed by atoms with Gasteiger partial charge in [0.05, 0.1) is 6.21 Å². The molecule has 1 saturated carbocycles. The topological polar surface area (TPSA) is 74.2 Å². The molecular formula is C21H26N4O. The molecule has 1 aromatic heterocycles. The van der Waals surface area contributed by atoms with E-state index in [1.165, 1.54) is 37.7 Å². The minimum atomic E-state index is -0.260. The maximum Gasteiger partial charge on any atom is 0.252 e. The van der Waals surface area contributed by atoms with E-state index in [1.54, 1.807) is 6.21 Å². The first-order chi connectivity index (χ1) is 12.5. The van der Waals surface area contributed by atoms with Crippen LogP contribution in [0.3, 0.4) is 0 Å². The molecule has 0 amide bonds. The Morgan fingerprint density at radius 1 is 1.19 bits per heavy atom. The van der Waals surface area contributed by atoms with Crippen LogP contribution in [-0.4, -0.2) is 11.2 Å². The van der Waals surface area contributed by atoms with Gasteiger partial charge in [-0.05, 0) is 29.9 Å². The molecular weight excluding hydrogens is 324 g/mol. The molecule has 1 aromatic carbocycles. The van der Waals surface area contributed by atoms with Gasteiger partial charge in [0.25, 0.3) is 5.88 Å². The number of oxazole rings is 1. The first-order valence-corrected chi connectivity index (χ1v) is 9.28. The lowest BCUT2D eigenvalue weighted by molar-refractivity contribution is 0.399. The standard InChI is InChI=1S/C21H26N4O/c1-21(2,3)20-24-18(13-22)19(26-20)25-23-14-15-9-11-17(12-10-15)16-7-5-4-6-8-16/h9-12,14,16,25H,4-8H2,1-3H3. The molecule has 3 rings (SSSR count). The molecule has 1 aliphatic carbocycles. The summed E-state index contributed by atoms with van der Waals surface area (Å²) in [6, 6.07) is 10.6. The van der Waals surface area contributed by atoms with Crippen molar-refractivity contribution in [1.29, 1.82) is 5.26 Å². The van der Waals surface area contributed by atoms with Gasteiger partial charge >= 0.3 is 0 Å². The second-order valence-electron chi connectivity index (χ2n) is 7.93. The smallest absolute Gasteiger partial charge is 0.252 e. The summed E-state index contributed by atoms with van der Waals surface area (Å²) in [7, 11) is 0. The summed E-state index contributed by atoms with van der Waals surface area (Å²) in [4.78, 5) is 4.22. The van der Waals surface area contributed by atoms with E-state index in [2.05, 4.69) is 39.8 Å². The van der Waals surface area contributed by atoms with Crippen LogP contribution in [0.5, 0.6) is 0 Å². The predicted octanol–water partition coefficient (Wildman–Crippen LogP) is 5.34. The molecule has 0 aliphatic heterocycles. The van der Waals surface area contributed by atoms with Gasteiger partial charge in [-0.3, -0.25) is 0 Å². The monoisotopic (exact) mass is 350 g/mol. The Morgan fingerprint density at radius 3 is 2.50 bits per heavy atom. The molecule has 5 nitrogen and oxygen atoms in total. The van der Waals surface area contributed by atoms with Gasteiger partial charge in [-0.15, -0.1) is 0 Å². The van der Waals surface area contributed by atoms with Gasteiger partial charge in [-0.25, -0.2) is 5.43 Å². The van der Waals surface area contributed by atoms with Crippen molar-refractivity contribution in [3.8, 4) is 6.07 Å². The summed E-state index contributed by atoms with van der Waals surface area (Å²) in [6.07, 6.45) is 8.38. The lowest BCUT2D eigenvalue weighted by Gasteiger charge is -2.21. The third-order valence-electron chi connectivity index (χ3n) is 4.77. The van der Waals surface area contributed by atoms with Crippen LogP contribution in [0.4, 0.5) is 5.88 Å². The van der Waals surface area contributed by atoms with Gasteiger partial charge in [-0.2, -0.15) is 15.3 Å². The third-order valence-corrected chi connectivity index (χ3v) is 4.77. The van der Waals surface area contributed by atoms with Gasteiger partial charge in [0.2, 0.25) is 11.6 Å². The zero-order valence-electron chi connectivity index (χ0n) is 15.7. The minimum absolute atomic E-state index is 0.222. The average molecular weight is 350 g/mol. The Morgan fingerprint density at radius 2 is 1.88 bits per heavy atom. The molecule has 1 heterocycles. The Balaban J connectivity index is 1.65. The van der Waals surface area contributed by atoms with E-state index in [4.69, 9.17) is 4.42 Å². The van der Waals surface area contributed by atoms with Crippen LogP contribution in [0.1, 0.15) is 81.5 Å². The summed E-state index contributed by atoms with van der Waals surface area (Å²) >= 11 is 0. The highest BCUT2D eigenvalue weighted by Crippen LogP contribution is 2.32. The number of aromatic nitrogens is 1. The number of benzene rings is 1. The predicted molar refractivity (Wildman–Crippen MR) is 103 cm³/mol. The molecule has 5 heteroatoms. The highest BCUT2D eigenvalue weighted by atomic mass is 16.4. The summed E-state index contributed by atoms with van der Waals surface area (Å²) < 4.78 is 5.65. The molecule has 1 N–H and O–H groups in total. The number of anilines is 1. The average Bonchev–Trinajstić information content (AvgIpc) is 3.07. The van der Waals surface area contributed by atoms with Crippen LogP contribution in [0.2, 0.25) is 0 Å². The van der Waals surface area contributed by atoms with Gasteiger partial charge in [0, 0.05) is 5.41 Å². The minimum Gasteiger partial charge on any atom is -0.421 e. The highest BCUT2D eigenvalue weighted by molar-refractivity contribution is 5.80. The molecule has 1 aliphatic rings. The molecule has 0 unspecified atom stereocenters.